The summed E-state index contributed by atoms with van der Waals surface area (Å²) in [6, 6.07) is 1.03. The molecule has 1 N–H and O–H groups in total. The fourth-order valence-electron chi connectivity index (χ4n) is 4.84. The van der Waals surface area contributed by atoms with Crippen LogP contribution < -0.4 is 19.7 Å². The summed E-state index contributed by atoms with van der Waals surface area (Å²) < 4.78 is 51.4. The molecule has 2 saturated heterocycles. The highest BCUT2D eigenvalue weighted by atomic mass is 19.4. The lowest BCUT2D eigenvalue weighted by Crippen LogP contribution is -2.37. The van der Waals surface area contributed by atoms with Gasteiger partial charge in [0.25, 0.3) is 0 Å². The molecule has 5 rings (SSSR count). The van der Waals surface area contributed by atoms with E-state index in [4.69, 9.17) is 9.47 Å². The van der Waals surface area contributed by atoms with Gasteiger partial charge in [-0.2, -0.15) is 13.2 Å². The van der Waals surface area contributed by atoms with Crippen LogP contribution in [0.1, 0.15) is 29.7 Å². The molecule has 3 aliphatic rings. The minimum atomic E-state index is -4.60. The van der Waals surface area contributed by atoms with E-state index in [2.05, 4.69) is 20.3 Å². The molecule has 36 heavy (non-hydrogen) atoms. The normalized spacial score (nSPS) is 21.8. The predicted octanol–water partition coefficient (Wildman–Crippen LogP) is 1.58. The molecule has 5 heterocycles. The van der Waals surface area contributed by atoms with Crippen molar-refractivity contribution in [2.75, 3.05) is 38.2 Å². The van der Waals surface area contributed by atoms with Gasteiger partial charge >= 0.3 is 6.18 Å². The molecule has 2 aromatic heterocycles. The Morgan fingerprint density at radius 1 is 1.19 bits per heavy atom. The smallest absolute Gasteiger partial charge is 0.421 e. The highest BCUT2D eigenvalue weighted by molar-refractivity contribution is 5.89. The van der Waals surface area contributed by atoms with Crippen molar-refractivity contribution in [3.8, 4) is 11.8 Å². The second-order valence-corrected chi connectivity index (χ2v) is 9.04. The van der Waals surface area contributed by atoms with Crippen LogP contribution in [0.5, 0.6) is 11.8 Å². The van der Waals surface area contributed by atoms with Gasteiger partial charge in [0, 0.05) is 38.9 Å². The van der Waals surface area contributed by atoms with Crippen LogP contribution in [-0.4, -0.2) is 71.1 Å². The number of nitrogens with zero attached hydrogens (tertiary/aromatic N) is 5. The van der Waals surface area contributed by atoms with Crippen molar-refractivity contribution in [3.63, 3.8) is 0 Å². The van der Waals surface area contributed by atoms with E-state index in [1.165, 1.54) is 12.5 Å². The summed E-state index contributed by atoms with van der Waals surface area (Å²) in [4.78, 5) is 40.1. The first-order valence-electron chi connectivity index (χ1n) is 11.6. The van der Waals surface area contributed by atoms with Crippen molar-refractivity contribution < 1.29 is 32.2 Å². The van der Waals surface area contributed by atoms with Gasteiger partial charge < -0.3 is 24.6 Å². The average molecular weight is 506 g/mol. The summed E-state index contributed by atoms with van der Waals surface area (Å²) in [6.07, 6.45) is -0.813. The molecule has 2 aromatic rings. The van der Waals surface area contributed by atoms with Gasteiger partial charge in [-0.25, -0.2) is 15.0 Å². The fraction of sp³-hybridized carbons (Fsp3) is 0.522. The number of aromatic nitrogens is 3. The average Bonchev–Trinajstić information content (AvgIpc) is 3.52. The third-order valence-electron chi connectivity index (χ3n) is 6.72. The number of carbonyl (C=O) groups is 2. The lowest BCUT2D eigenvalue weighted by atomic mass is 10.1. The number of ether oxygens (including phenoxy) is 2. The van der Waals surface area contributed by atoms with Crippen LogP contribution in [-0.2, 0) is 28.7 Å². The number of rotatable bonds is 5. The zero-order valence-electron chi connectivity index (χ0n) is 19.5. The summed E-state index contributed by atoms with van der Waals surface area (Å²) in [5.41, 5.74) is 0.837. The molecule has 0 aliphatic carbocycles. The molecule has 0 spiro atoms. The van der Waals surface area contributed by atoms with Crippen molar-refractivity contribution in [2.45, 2.75) is 38.1 Å². The Morgan fingerprint density at radius 2 is 2.03 bits per heavy atom. The van der Waals surface area contributed by atoms with Gasteiger partial charge in [-0.1, -0.05) is 0 Å². The van der Waals surface area contributed by atoms with Gasteiger partial charge in [-0.05, 0) is 6.07 Å². The van der Waals surface area contributed by atoms with Gasteiger partial charge in [0.15, 0.2) is 0 Å². The number of halogens is 3. The van der Waals surface area contributed by atoms with Gasteiger partial charge in [-0.15, -0.1) is 0 Å². The fourth-order valence-corrected chi connectivity index (χ4v) is 4.84. The van der Waals surface area contributed by atoms with Crippen LogP contribution in [0.25, 0.3) is 0 Å². The van der Waals surface area contributed by atoms with E-state index in [0.717, 1.165) is 18.9 Å². The third-order valence-corrected chi connectivity index (χ3v) is 6.72. The predicted molar refractivity (Wildman–Crippen MR) is 119 cm³/mol. The lowest BCUT2D eigenvalue weighted by molar-refractivity contribution is -0.139. The number of likely N-dealkylation sites (tertiary alicyclic amines) is 1. The van der Waals surface area contributed by atoms with E-state index < -0.39 is 17.6 Å². The quantitative estimate of drug-likeness (QED) is 0.651. The molecule has 2 atom stereocenters. The molecule has 0 saturated carbocycles. The number of methoxy groups -OCH3 is 1. The van der Waals surface area contributed by atoms with Crippen LogP contribution in [0.2, 0.25) is 0 Å². The van der Waals surface area contributed by atoms with Crippen LogP contribution in [0.3, 0.4) is 0 Å². The number of carbonyl (C=O) groups excluding carboxylic acids is 2. The molecule has 13 heteroatoms. The monoisotopic (exact) mass is 506 g/mol. The third kappa shape index (κ3) is 4.73. The number of fused-ring (bicyclic) bond motifs is 1. The molecule has 192 valence electrons. The van der Waals surface area contributed by atoms with E-state index in [1.807, 2.05) is 0 Å². The number of hydrogen-bond donors (Lipinski definition) is 1. The Labute approximate surface area is 204 Å². The van der Waals surface area contributed by atoms with Crippen molar-refractivity contribution in [1.82, 2.24) is 25.2 Å². The molecule has 0 aromatic carbocycles. The van der Waals surface area contributed by atoms with Crippen molar-refractivity contribution in [1.29, 1.82) is 0 Å². The molecule has 0 radical (unpaired) electrons. The minimum Gasteiger partial charge on any atom is -0.481 e. The van der Waals surface area contributed by atoms with Gasteiger partial charge in [-0.3, -0.25) is 9.59 Å². The van der Waals surface area contributed by atoms with Gasteiger partial charge in [0.1, 0.15) is 18.0 Å². The molecule has 10 nitrogen and oxygen atoms in total. The van der Waals surface area contributed by atoms with E-state index in [9.17, 15) is 22.8 Å². The molecule has 2 fully saturated rings. The van der Waals surface area contributed by atoms with E-state index >= 15 is 0 Å². The molecular weight excluding hydrogens is 481 g/mol. The highest BCUT2D eigenvalue weighted by Gasteiger charge is 2.38. The first kappa shape index (κ1) is 24.1. The Kier molecular flexibility index (Phi) is 6.31. The second-order valence-electron chi connectivity index (χ2n) is 9.04. The number of nitrogens with one attached hydrogen (secondary N) is 1. The van der Waals surface area contributed by atoms with Gasteiger partial charge in [0.2, 0.25) is 23.6 Å². The zero-order valence-corrected chi connectivity index (χ0v) is 19.5. The van der Waals surface area contributed by atoms with Crippen molar-refractivity contribution >= 4 is 17.5 Å². The second kappa shape index (κ2) is 9.43. The summed E-state index contributed by atoms with van der Waals surface area (Å²) >= 11 is 0. The first-order chi connectivity index (χ1) is 17.2. The topological polar surface area (TPSA) is 110 Å². The Hall–Kier alpha value is -3.64. The van der Waals surface area contributed by atoms with E-state index in [1.54, 1.807) is 9.80 Å². The molecule has 1 unspecified atom stereocenters. The maximum absolute atomic E-state index is 13.5. The first-order valence-corrected chi connectivity index (χ1v) is 11.6. The summed E-state index contributed by atoms with van der Waals surface area (Å²) in [7, 11) is 1.15. The summed E-state index contributed by atoms with van der Waals surface area (Å²) in [6.45, 7) is 1.95. The van der Waals surface area contributed by atoms with Crippen molar-refractivity contribution in [3.05, 3.63) is 35.4 Å². The Bertz CT molecular complexity index is 1180. The van der Waals surface area contributed by atoms with Crippen LogP contribution >= 0.6 is 0 Å². The van der Waals surface area contributed by atoms with E-state index in [-0.39, 0.29) is 36.8 Å². The van der Waals surface area contributed by atoms with Gasteiger partial charge in [0.05, 0.1) is 49.3 Å². The number of hydrogen-bond acceptors (Lipinski definition) is 8. The van der Waals surface area contributed by atoms with Crippen molar-refractivity contribution in [2.24, 2.45) is 5.92 Å². The summed E-state index contributed by atoms with van der Waals surface area (Å²) in [5, 5.41) is 2.68. The number of alkyl halides is 3. The molecular formula is C23H25F3N6O4. The Balaban J connectivity index is 1.30. The standard InChI is InChI=1S/C23H25F3N6O4/c1-35-21-17(23(24,25)26)7-14(9-28-21)31-5-3-18-16(11-31)20(30-12-29-18)36-15-2-4-32(10-15)22(34)13-6-19(33)27-8-13/h7,9,12-13,15H,2-6,8,10-11H2,1H3,(H,27,33)/t13?,15-/m0/s1. The number of pyridine rings is 1. The number of amides is 2. The highest BCUT2D eigenvalue weighted by Crippen LogP contribution is 2.38. The van der Waals surface area contributed by atoms with Crippen LogP contribution in [0, 0.1) is 5.92 Å². The maximum atomic E-state index is 13.5. The molecule has 3 aliphatic heterocycles. The largest absolute Gasteiger partial charge is 0.481 e. The number of anilines is 1. The summed E-state index contributed by atoms with van der Waals surface area (Å²) in [5.74, 6) is -0.653. The minimum absolute atomic E-state index is 0.0668. The zero-order chi connectivity index (χ0) is 25.4. The molecule has 0 bridgehead atoms. The Morgan fingerprint density at radius 3 is 2.75 bits per heavy atom. The van der Waals surface area contributed by atoms with E-state index in [0.29, 0.717) is 56.2 Å². The lowest BCUT2D eigenvalue weighted by Gasteiger charge is -2.31. The van der Waals surface area contributed by atoms with Crippen LogP contribution in [0.15, 0.2) is 18.6 Å². The maximum Gasteiger partial charge on any atom is 0.421 e. The molecule has 2 amide bonds. The SMILES string of the molecule is COc1ncc(N2CCc3ncnc(O[C@H]4CCN(C(=O)C5CNC(=O)C5)C4)c3C2)cc1C(F)(F)F. The van der Waals surface area contributed by atoms with Crippen LogP contribution in [0.4, 0.5) is 18.9 Å².